The summed E-state index contributed by atoms with van der Waals surface area (Å²) in [6.45, 7) is 3.78. The molecule has 0 aliphatic carbocycles. The van der Waals surface area contributed by atoms with Crippen molar-refractivity contribution in [1.82, 2.24) is 19.2 Å². The van der Waals surface area contributed by atoms with Crippen molar-refractivity contribution in [3.8, 4) is 17.2 Å². The quantitative estimate of drug-likeness (QED) is 0.772. The third-order valence-electron chi connectivity index (χ3n) is 5.02. The molecule has 0 bridgehead atoms. The van der Waals surface area contributed by atoms with Crippen LogP contribution in [0.3, 0.4) is 0 Å². The van der Waals surface area contributed by atoms with Crippen molar-refractivity contribution in [2.45, 2.75) is 45.6 Å². The van der Waals surface area contributed by atoms with Gasteiger partial charge in [-0.1, -0.05) is 13.3 Å². The summed E-state index contributed by atoms with van der Waals surface area (Å²) in [5.74, 6) is 1.89. The maximum atomic E-state index is 13.0. The summed E-state index contributed by atoms with van der Waals surface area (Å²) in [7, 11) is 0. The first-order valence-electron chi connectivity index (χ1n) is 9.54. The zero-order valence-corrected chi connectivity index (χ0v) is 15.5. The van der Waals surface area contributed by atoms with E-state index >= 15 is 0 Å². The lowest BCUT2D eigenvalue weighted by Gasteiger charge is -2.14. The number of benzene rings is 1. The van der Waals surface area contributed by atoms with Crippen LogP contribution in [0.2, 0.25) is 0 Å². The summed E-state index contributed by atoms with van der Waals surface area (Å²) in [4.78, 5) is 27.3. The number of unbranched alkanes of at least 4 members (excludes halogenated alkanes) is 1. The minimum Gasteiger partial charge on any atom is -0.454 e. The first kappa shape index (κ1) is 17.6. The number of rotatable bonds is 6. The normalized spacial score (nSPS) is 15.5. The Morgan fingerprint density at radius 2 is 1.96 bits per heavy atom. The second-order valence-electron chi connectivity index (χ2n) is 6.92. The molecule has 0 atom stereocenters. The van der Waals surface area contributed by atoms with Gasteiger partial charge in [0.25, 0.3) is 0 Å². The van der Waals surface area contributed by atoms with Crippen molar-refractivity contribution < 1.29 is 14.3 Å². The maximum absolute atomic E-state index is 13.0. The van der Waals surface area contributed by atoms with Crippen molar-refractivity contribution >= 4 is 5.91 Å². The van der Waals surface area contributed by atoms with Gasteiger partial charge in [-0.15, -0.1) is 0 Å². The average molecular weight is 372 g/mol. The fraction of sp³-hybridized carbons (Fsp3) is 0.526. The van der Waals surface area contributed by atoms with Gasteiger partial charge >= 0.3 is 5.69 Å². The van der Waals surface area contributed by atoms with E-state index in [-0.39, 0.29) is 24.9 Å². The smallest absolute Gasteiger partial charge is 0.351 e. The summed E-state index contributed by atoms with van der Waals surface area (Å²) in [5.41, 5.74) is 0.378. The van der Waals surface area contributed by atoms with Crippen molar-refractivity contribution in [3.63, 3.8) is 0 Å². The predicted octanol–water partition coefficient (Wildman–Crippen LogP) is 1.73. The van der Waals surface area contributed by atoms with Crippen LogP contribution in [0.1, 0.15) is 38.4 Å². The molecule has 0 radical (unpaired) electrons. The van der Waals surface area contributed by atoms with Gasteiger partial charge in [0.15, 0.2) is 11.5 Å². The summed E-state index contributed by atoms with van der Waals surface area (Å²) >= 11 is 0. The monoisotopic (exact) mass is 372 g/mol. The van der Waals surface area contributed by atoms with Gasteiger partial charge in [0.2, 0.25) is 12.7 Å². The first-order chi connectivity index (χ1) is 13.2. The van der Waals surface area contributed by atoms with Crippen LogP contribution in [0.5, 0.6) is 11.5 Å². The Bertz CT molecular complexity index is 896. The zero-order chi connectivity index (χ0) is 18.8. The summed E-state index contributed by atoms with van der Waals surface area (Å²) in [5, 5.41) is 4.48. The number of aromatic nitrogens is 3. The zero-order valence-electron chi connectivity index (χ0n) is 15.5. The number of nitrogens with zero attached hydrogens (tertiary/aromatic N) is 4. The number of likely N-dealkylation sites (tertiary alicyclic amines) is 1. The van der Waals surface area contributed by atoms with Crippen molar-refractivity contribution in [2.75, 3.05) is 19.9 Å². The lowest BCUT2D eigenvalue weighted by molar-refractivity contribution is -0.131. The standard InChI is InChI=1S/C19H24N4O4/c1-2-3-6-17-20-22(12-18(24)21-9-4-5-10-21)19(25)23(17)14-7-8-15-16(11-14)27-13-26-15/h7-8,11H,2-6,9-10,12-13H2,1H3. The van der Waals surface area contributed by atoms with Gasteiger partial charge in [-0.2, -0.15) is 5.10 Å². The van der Waals surface area contributed by atoms with Crippen LogP contribution in [-0.4, -0.2) is 45.0 Å². The second kappa shape index (κ2) is 7.46. The molecular weight excluding hydrogens is 348 g/mol. The van der Waals surface area contributed by atoms with Gasteiger partial charge < -0.3 is 14.4 Å². The van der Waals surface area contributed by atoms with Crippen LogP contribution >= 0.6 is 0 Å². The number of carbonyl (C=O) groups is 1. The van der Waals surface area contributed by atoms with Crippen LogP contribution in [0.25, 0.3) is 5.69 Å². The molecule has 1 aromatic carbocycles. The number of hydrogen-bond acceptors (Lipinski definition) is 5. The highest BCUT2D eigenvalue weighted by Gasteiger charge is 2.23. The van der Waals surface area contributed by atoms with Crippen LogP contribution in [-0.2, 0) is 17.8 Å². The SMILES string of the molecule is CCCCc1nn(CC(=O)N2CCCC2)c(=O)n1-c1ccc2c(c1)OCO2. The Morgan fingerprint density at radius 3 is 2.74 bits per heavy atom. The van der Waals surface area contributed by atoms with E-state index in [1.165, 1.54) is 4.68 Å². The Balaban J connectivity index is 1.67. The Labute approximate surface area is 157 Å². The van der Waals surface area contributed by atoms with Crippen LogP contribution < -0.4 is 15.2 Å². The molecule has 27 heavy (non-hydrogen) atoms. The van der Waals surface area contributed by atoms with E-state index in [9.17, 15) is 9.59 Å². The molecule has 8 heteroatoms. The number of amides is 1. The molecule has 3 heterocycles. The average Bonchev–Trinajstić information content (AvgIpc) is 3.40. The molecule has 2 aliphatic heterocycles. The molecule has 144 valence electrons. The highest BCUT2D eigenvalue weighted by atomic mass is 16.7. The molecule has 8 nitrogen and oxygen atoms in total. The summed E-state index contributed by atoms with van der Waals surface area (Å²) in [6, 6.07) is 5.40. The molecule has 1 saturated heterocycles. The number of ether oxygens (including phenoxy) is 2. The Kier molecular flexibility index (Phi) is 4.87. The molecule has 4 rings (SSSR count). The summed E-state index contributed by atoms with van der Waals surface area (Å²) < 4.78 is 13.6. The fourth-order valence-electron chi connectivity index (χ4n) is 3.53. The molecule has 0 spiro atoms. The highest BCUT2D eigenvalue weighted by Crippen LogP contribution is 2.33. The van der Waals surface area contributed by atoms with Crippen LogP contribution in [0.4, 0.5) is 0 Å². The molecule has 1 amide bonds. The lowest BCUT2D eigenvalue weighted by Crippen LogP contribution is -2.35. The third-order valence-corrected chi connectivity index (χ3v) is 5.02. The first-order valence-corrected chi connectivity index (χ1v) is 9.54. The van der Waals surface area contributed by atoms with Crippen molar-refractivity contribution in [2.24, 2.45) is 0 Å². The van der Waals surface area contributed by atoms with Crippen molar-refractivity contribution in [3.05, 3.63) is 34.5 Å². The van der Waals surface area contributed by atoms with Crippen molar-refractivity contribution in [1.29, 1.82) is 0 Å². The molecular formula is C19H24N4O4. The topological polar surface area (TPSA) is 78.6 Å². The molecule has 2 aliphatic rings. The molecule has 0 unspecified atom stereocenters. The van der Waals surface area contributed by atoms with Gasteiger partial charge in [0.1, 0.15) is 12.4 Å². The molecule has 0 saturated carbocycles. The summed E-state index contributed by atoms with van der Waals surface area (Å²) in [6.07, 6.45) is 4.63. The molecule has 0 N–H and O–H groups in total. The lowest BCUT2D eigenvalue weighted by atomic mass is 10.2. The van der Waals surface area contributed by atoms with E-state index in [1.54, 1.807) is 21.6 Å². The molecule has 1 aromatic heterocycles. The van der Waals surface area contributed by atoms with E-state index in [0.717, 1.165) is 38.8 Å². The van der Waals surface area contributed by atoms with E-state index in [1.807, 2.05) is 6.07 Å². The highest BCUT2D eigenvalue weighted by molar-refractivity contribution is 5.76. The van der Waals surface area contributed by atoms with Gasteiger partial charge in [-0.25, -0.2) is 14.0 Å². The van der Waals surface area contributed by atoms with E-state index in [2.05, 4.69) is 12.0 Å². The fourth-order valence-corrected chi connectivity index (χ4v) is 3.53. The maximum Gasteiger partial charge on any atom is 0.351 e. The Hall–Kier alpha value is -2.77. The van der Waals surface area contributed by atoms with E-state index < -0.39 is 0 Å². The van der Waals surface area contributed by atoms with Crippen LogP contribution in [0, 0.1) is 0 Å². The van der Waals surface area contributed by atoms with Gasteiger partial charge in [-0.05, 0) is 31.4 Å². The van der Waals surface area contributed by atoms with E-state index in [0.29, 0.717) is 29.4 Å². The van der Waals surface area contributed by atoms with E-state index in [4.69, 9.17) is 9.47 Å². The largest absolute Gasteiger partial charge is 0.454 e. The number of fused-ring (bicyclic) bond motifs is 1. The molecule has 2 aromatic rings. The van der Waals surface area contributed by atoms with Gasteiger partial charge in [0.05, 0.1) is 5.69 Å². The van der Waals surface area contributed by atoms with Gasteiger partial charge in [0, 0.05) is 25.6 Å². The number of aryl methyl sites for hydroxylation is 1. The number of carbonyl (C=O) groups excluding carboxylic acids is 1. The molecule has 1 fully saturated rings. The minimum absolute atomic E-state index is 0.0183. The van der Waals surface area contributed by atoms with Crippen LogP contribution in [0.15, 0.2) is 23.0 Å². The third kappa shape index (κ3) is 3.43. The second-order valence-corrected chi connectivity index (χ2v) is 6.92. The number of hydrogen-bond donors (Lipinski definition) is 0. The predicted molar refractivity (Wildman–Crippen MR) is 98.4 cm³/mol. The van der Waals surface area contributed by atoms with Gasteiger partial charge in [-0.3, -0.25) is 4.79 Å². The minimum atomic E-state index is -0.299. The Morgan fingerprint density at radius 1 is 1.19 bits per heavy atom.